The second kappa shape index (κ2) is 9.12. The summed E-state index contributed by atoms with van der Waals surface area (Å²) >= 11 is 9.82. The van der Waals surface area contributed by atoms with Gasteiger partial charge in [0.1, 0.15) is 0 Å². The van der Waals surface area contributed by atoms with Crippen LogP contribution in [0.15, 0.2) is 119 Å². The van der Waals surface area contributed by atoms with Crippen LogP contribution in [0.5, 0.6) is 11.5 Å². The van der Waals surface area contributed by atoms with Gasteiger partial charge < -0.3 is 9.47 Å². The molecule has 0 aromatic heterocycles. The van der Waals surface area contributed by atoms with Crippen LogP contribution in [0.1, 0.15) is 23.6 Å². The zero-order valence-corrected chi connectivity index (χ0v) is 21.8. The summed E-state index contributed by atoms with van der Waals surface area (Å²) in [6.07, 6.45) is 0. The van der Waals surface area contributed by atoms with E-state index in [0.717, 1.165) is 43.3 Å². The molecule has 0 saturated heterocycles. The third-order valence-corrected chi connectivity index (χ3v) is 7.16. The number of nitrogens with zero attached hydrogens (tertiary/aromatic N) is 1. The van der Waals surface area contributed by atoms with Gasteiger partial charge in [-0.2, -0.15) is 0 Å². The lowest BCUT2D eigenvalue weighted by atomic mass is 10.0. The molecule has 1 aliphatic rings. The standard InChI is InChI=1S/C31H21BrClNO2/c1-31(24-12-14-25(33)15-13-24)35-28-18-22-16-26(32)27(17-23(22)19-29(28)36-31)34-30(20-8-4-2-5-9-20)21-10-6-3-7-11-21/h2-19H,1H3. The SMILES string of the molecule is CC1(c2ccc(Cl)cc2)Oc2cc3cc(Br)c(N=C(c4ccccc4)c4ccccc4)cc3cc2O1. The fourth-order valence-electron chi connectivity index (χ4n) is 4.43. The molecular formula is C31H21BrClNO2. The third-order valence-electron chi connectivity index (χ3n) is 6.27. The van der Waals surface area contributed by atoms with Crippen molar-refractivity contribution in [3.8, 4) is 11.5 Å². The van der Waals surface area contributed by atoms with Gasteiger partial charge in [0, 0.05) is 33.1 Å². The first-order chi connectivity index (χ1) is 17.5. The Morgan fingerprint density at radius 2 is 1.25 bits per heavy atom. The molecule has 1 atom stereocenters. The summed E-state index contributed by atoms with van der Waals surface area (Å²) in [5, 5.41) is 2.72. The van der Waals surface area contributed by atoms with Gasteiger partial charge >= 0.3 is 0 Å². The molecule has 0 N–H and O–H groups in total. The minimum atomic E-state index is -0.920. The van der Waals surface area contributed by atoms with Crippen LogP contribution >= 0.6 is 27.5 Å². The van der Waals surface area contributed by atoms with Crippen molar-refractivity contribution < 1.29 is 9.47 Å². The first-order valence-corrected chi connectivity index (χ1v) is 12.8. The molecule has 1 unspecified atom stereocenters. The molecule has 36 heavy (non-hydrogen) atoms. The summed E-state index contributed by atoms with van der Waals surface area (Å²) in [6.45, 7) is 1.92. The Kier molecular flexibility index (Phi) is 5.79. The summed E-state index contributed by atoms with van der Waals surface area (Å²) < 4.78 is 13.5. The van der Waals surface area contributed by atoms with E-state index in [1.807, 2.05) is 79.7 Å². The molecule has 5 aromatic rings. The second-order valence-corrected chi connectivity index (χ2v) is 10.1. The molecule has 0 spiro atoms. The van der Waals surface area contributed by atoms with E-state index >= 15 is 0 Å². The van der Waals surface area contributed by atoms with Crippen molar-refractivity contribution in [2.45, 2.75) is 12.7 Å². The molecule has 1 heterocycles. The Morgan fingerprint density at radius 3 is 1.81 bits per heavy atom. The van der Waals surface area contributed by atoms with E-state index in [4.69, 9.17) is 26.1 Å². The monoisotopic (exact) mass is 553 g/mol. The Labute approximate surface area is 223 Å². The van der Waals surface area contributed by atoms with Crippen LogP contribution in [0, 0.1) is 0 Å². The number of halogens is 2. The van der Waals surface area contributed by atoms with E-state index in [1.165, 1.54) is 0 Å². The maximum Gasteiger partial charge on any atom is 0.275 e. The normalized spacial score (nSPS) is 16.2. The zero-order chi connectivity index (χ0) is 24.7. The number of hydrogen-bond acceptors (Lipinski definition) is 3. The summed E-state index contributed by atoms with van der Waals surface area (Å²) in [5.41, 5.74) is 4.76. The Bertz CT molecular complexity index is 1560. The molecule has 0 bridgehead atoms. The maximum atomic E-state index is 6.31. The highest BCUT2D eigenvalue weighted by Crippen LogP contribution is 2.47. The van der Waals surface area contributed by atoms with Crippen molar-refractivity contribution in [2.75, 3.05) is 0 Å². The molecule has 5 heteroatoms. The zero-order valence-electron chi connectivity index (χ0n) is 19.4. The smallest absolute Gasteiger partial charge is 0.275 e. The van der Waals surface area contributed by atoms with E-state index in [0.29, 0.717) is 16.5 Å². The summed E-state index contributed by atoms with van der Waals surface area (Å²) in [6, 6.07) is 36.2. The maximum absolute atomic E-state index is 6.31. The lowest BCUT2D eigenvalue weighted by molar-refractivity contribution is -0.0679. The summed E-state index contributed by atoms with van der Waals surface area (Å²) in [4.78, 5) is 5.11. The van der Waals surface area contributed by atoms with Gasteiger partial charge in [-0.15, -0.1) is 0 Å². The largest absolute Gasteiger partial charge is 0.445 e. The predicted octanol–water partition coefficient (Wildman–Crippen LogP) is 9.07. The topological polar surface area (TPSA) is 30.8 Å². The fraction of sp³-hybridized carbons (Fsp3) is 0.0645. The predicted molar refractivity (Wildman–Crippen MR) is 150 cm³/mol. The Balaban J connectivity index is 1.43. The van der Waals surface area contributed by atoms with Gasteiger partial charge in [-0.3, -0.25) is 0 Å². The average molecular weight is 555 g/mol. The van der Waals surface area contributed by atoms with Gasteiger partial charge in [0.15, 0.2) is 11.5 Å². The minimum Gasteiger partial charge on any atom is -0.445 e. The van der Waals surface area contributed by atoms with Crippen molar-refractivity contribution in [3.05, 3.63) is 135 Å². The molecule has 6 rings (SSSR count). The molecule has 0 saturated carbocycles. The quantitative estimate of drug-likeness (QED) is 0.207. The van der Waals surface area contributed by atoms with Gasteiger partial charge in [0.05, 0.1) is 11.4 Å². The minimum absolute atomic E-state index is 0.673. The lowest BCUT2D eigenvalue weighted by Gasteiger charge is -2.23. The molecule has 176 valence electrons. The van der Waals surface area contributed by atoms with E-state index < -0.39 is 5.79 Å². The van der Waals surface area contributed by atoms with Crippen molar-refractivity contribution in [1.29, 1.82) is 0 Å². The fourth-order valence-corrected chi connectivity index (χ4v) is 5.01. The number of ether oxygens (including phenoxy) is 2. The molecular weight excluding hydrogens is 534 g/mol. The highest BCUT2D eigenvalue weighted by atomic mass is 79.9. The van der Waals surface area contributed by atoms with Gasteiger partial charge in [-0.25, -0.2) is 4.99 Å². The van der Waals surface area contributed by atoms with E-state index in [9.17, 15) is 0 Å². The Hall–Kier alpha value is -3.60. The van der Waals surface area contributed by atoms with Gasteiger partial charge in [-0.05, 0) is 75.2 Å². The highest BCUT2D eigenvalue weighted by molar-refractivity contribution is 9.10. The van der Waals surface area contributed by atoms with Crippen molar-refractivity contribution >= 4 is 49.7 Å². The molecule has 0 radical (unpaired) electrons. The van der Waals surface area contributed by atoms with Gasteiger partial charge in [0.2, 0.25) is 0 Å². The Morgan fingerprint density at radius 1 is 0.722 bits per heavy atom. The number of fused-ring (bicyclic) bond motifs is 2. The number of hydrogen-bond donors (Lipinski definition) is 0. The molecule has 0 amide bonds. The van der Waals surface area contributed by atoms with Crippen LogP contribution < -0.4 is 9.47 Å². The lowest BCUT2D eigenvalue weighted by Crippen LogP contribution is -2.31. The first kappa shape index (κ1) is 22.8. The van der Waals surface area contributed by atoms with Crippen LogP contribution in [0.2, 0.25) is 5.02 Å². The molecule has 0 aliphatic carbocycles. The van der Waals surface area contributed by atoms with E-state index in [1.54, 1.807) is 0 Å². The van der Waals surface area contributed by atoms with Crippen LogP contribution in [0.3, 0.4) is 0 Å². The van der Waals surface area contributed by atoms with Crippen molar-refractivity contribution in [3.63, 3.8) is 0 Å². The first-order valence-electron chi connectivity index (χ1n) is 11.6. The van der Waals surface area contributed by atoms with Gasteiger partial charge in [0.25, 0.3) is 5.79 Å². The summed E-state index contributed by atoms with van der Waals surface area (Å²) in [5.74, 6) is 0.483. The molecule has 1 aliphatic heterocycles. The van der Waals surface area contributed by atoms with E-state index in [2.05, 4.69) is 52.3 Å². The molecule has 0 fully saturated rings. The molecule has 3 nitrogen and oxygen atoms in total. The summed E-state index contributed by atoms with van der Waals surface area (Å²) in [7, 11) is 0. The van der Waals surface area contributed by atoms with Crippen LogP contribution in [0.4, 0.5) is 5.69 Å². The molecule has 5 aromatic carbocycles. The van der Waals surface area contributed by atoms with Crippen molar-refractivity contribution in [1.82, 2.24) is 0 Å². The average Bonchev–Trinajstić information content (AvgIpc) is 3.23. The van der Waals surface area contributed by atoms with Crippen LogP contribution in [0.25, 0.3) is 10.8 Å². The van der Waals surface area contributed by atoms with E-state index in [-0.39, 0.29) is 0 Å². The van der Waals surface area contributed by atoms with Crippen LogP contribution in [-0.2, 0) is 5.79 Å². The third kappa shape index (κ3) is 4.27. The van der Waals surface area contributed by atoms with Crippen molar-refractivity contribution in [2.24, 2.45) is 4.99 Å². The number of aliphatic imine (C=N–C) groups is 1. The number of rotatable bonds is 4. The number of benzene rings is 5. The van der Waals surface area contributed by atoms with Gasteiger partial charge in [-0.1, -0.05) is 72.3 Å². The highest BCUT2D eigenvalue weighted by Gasteiger charge is 2.39. The second-order valence-electron chi connectivity index (χ2n) is 8.80. The van der Waals surface area contributed by atoms with Crippen LogP contribution in [-0.4, -0.2) is 5.71 Å².